The summed E-state index contributed by atoms with van der Waals surface area (Å²) in [7, 11) is 0. The van der Waals surface area contributed by atoms with Gasteiger partial charge in [-0.1, -0.05) is 12.1 Å². The molecule has 1 saturated heterocycles. The highest BCUT2D eigenvalue weighted by molar-refractivity contribution is 9.10. The largest absolute Gasteiger partial charge is 0.341 e. The third-order valence-corrected chi connectivity index (χ3v) is 5.41. The van der Waals surface area contributed by atoms with Gasteiger partial charge in [0.05, 0.1) is 15.4 Å². The van der Waals surface area contributed by atoms with E-state index in [1.165, 1.54) is 0 Å². The fourth-order valence-electron chi connectivity index (χ4n) is 3.54. The zero-order valence-electron chi connectivity index (χ0n) is 14.6. The topological polar surface area (TPSA) is 63.9 Å². The lowest BCUT2D eigenvalue weighted by Crippen LogP contribution is -2.37. The van der Waals surface area contributed by atoms with Crippen LogP contribution < -0.4 is 10.5 Å². The molecule has 7 heteroatoms. The second kappa shape index (κ2) is 7.15. The minimum absolute atomic E-state index is 0.0618. The Bertz CT molecular complexity index is 977. The van der Waals surface area contributed by atoms with Crippen LogP contribution in [-0.2, 0) is 6.54 Å². The van der Waals surface area contributed by atoms with Crippen molar-refractivity contribution in [3.05, 3.63) is 57.3 Å². The summed E-state index contributed by atoms with van der Waals surface area (Å²) in [5, 5.41) is 0.693. The third kappa shape index (κ3) is 3.35. The van der Waals surface area contributed by atoms with E-state index in [2.05, 4.69) is 35.8 Å². The Morgan fingerprint density at radius 2 is 1.85 bits per heavy atom. The van der Waals surface area contributed by atoms with Crippen molar-refractivity contribution >= 4 is 32.8 Å². The van der Waals surface area contributed by atoms with Gasteiger partial charge in [-0.2, -0.15) is 0 Å². The molecule has 134 valence electrons. The molecule has 26 heavy (non-hydrogen) atoms. The van der Waals surface area contributed by atoms with Crippen LogP contribution in [0.4, 0.5) is 5.95 Å². The molecule has 1 fully saturated rings. The lowest BCUT2D eigenvalue weighted by molar-refractivity contribution is 0.347. The smallest absolute Gasteiger partial charge is 0.261 e. The first kappa shape index (κ1) is 17.1. The van der Waals surface area contributed by atoms with Crippen LogP contribution >= 0.6 is 15.9 Å². The van der Waals surface area contributed by atoms with Crippen molar-refractivity contribution in [1.82, 2.24) is 19.5 Å². The molecule has 0 spiro atoms. The van der Waals surface area contributed by atoms with Crippen LogP contribution in [-0.4, -0.2) is 32.6 Å². The van der Waals surface area contributed by atoms with Crippen molar-refractivity contribution in [2.75, 3.05) is 18.0 Å². The number of hydrogen-bond acceptors (Lipinski definition) is 5. The van der Waals surface area contributed by atoms with E-state index >= 15 is 0 Å². The number of fused-ring (bicyclic) bond motifs is 1. The van der Waals surface area contributed by atoms with Gasteiger partial charge >= 0.3 is 0 Å². The van der Waals surface area contributed by atoms with Gasteiger partial charge in [0, 0.05) is 32.0 Å². The van der Waals surface area contributed by atoms with Gasteiger partial charge in [-0.05, 0) is 53.7 Å². The molecule has 0 bridgehead atoms. The highest BCUT2D eigenvalue weighted by Crippen LogP contribution is 2.22. The summed E-state index contributed by atoms with van der Waals surface area (Å²) in [6.07, 6.45) is 5.58. The molecule has 0 amide bonds. The first-order chi connectivity index (χ1) is 12.6. The zero-order chi connectivity index (χ0) is 18.1. The van der Waals surface area contributed by atoms with Crippen molar-refractivity contribution in [3.8, 4) is 0 Å². The molecular weight excluding hydrogens is 394 g/mol. The van der Waals surface area contributed by atoms with E-state index in [0.717, 1.165) is 54.2 Å². The molecule has 0 unspecified atom stereocenters. The van der Waals surface area contributed by atoms with Gasteiger partial charge in [0.1, 0.15) is 5.82 Å². The summed E-state index contributed by atoms with van der Waals surface area (Å²) in [5.41, 5.74) is 0.834. The Hall–Kier alpha value is -2.28. The van der Waals surface area contributed by atoms with Crippen molar-refractivity contribution in [2.45, 2.75) is 26.3 Å². The van der Waals surface area contributed by atoms with Crippen LogP contribution in [0.2, 0.25) is 0 Å². The number of halogens is 1. The number of anilines is 1. The molecule has 3 heterocycles. The van der Waals surface area contributed by atoms with Gasteiger partial charge in [-0.3, -0.25) is 9.36 Å². The van der Waals surface area contributed by atoms with E-state index < -0.39 is 0 Å². The summed E-state index contributed by atoms with van der Waals surface area (Å²) >= 11 is 3.36. The molecule has 0 saturated carbocycles. The molecule has 0 atom stereocenters. The Morgan fingerprint density at radius 1 is 1.15 bits per heavy atom. The molecule has 4 rings (SSSR count). The molecular formula is C19H20BrN5O. The fraction of sp³-hybridized carbons (Fsp3) is 0.368. The van der Waals surface area contributed by atoms with Gasteiger partial charge in [0.25, 0.3) is 5.56 Å². The van der Waals surface area contributed by atoms with Gasteiger partial charge in [-0.15, -0.1) is 0 Å². The quantitative estimate of drug-likeness (QED) is 0.659. The van der Waals surface area contributed by atoms with Crippen molar-refractivity contribution in [3.63, 3.8) is 0 Å². The van der Waals surface area contributed by atoms with Crippen molar-refractivity contribution in [1.29, 1.82) is 0 Å². The number of para-hydroxylation sites is 1. The zero-order valence-corrected chi connectivity index (χ0v) is 16.2. The van der Waals surface area contributed by atoms with E-state index in [-0.39, 0.29) is 5.56 Å². The summed E-state index contributed by atoms with van der Waals surface area (Å²) in [5.74, 6) is 2.01. The molecule has 1 aromatic carbocycles. The number of hydrogen-bond donors (Lipinski definition) is 0. The summed E-state index contributed by atoms with van der Waals surface area (Å²) in [6.45, 7) is 4.44. The van der Waals surface area contributed by atoms with E-state index in [1.54, 1.807) is 12.4 Å². The first-order valence-corrected chi connectivity index (χ1v) is 9.60. The van der Waals surface area contributed by atoms with Gasteiger partial charge in [0.2, 0.25) is 5.95 Å². The van der Waals surface area contributed by atoms with Crippen LogP contribution in [0.15, 0.2) is 45.9 Å². The van der Waals surface area contributed by atoms with Crippen molar-refractivity contribution < 1.29 is 0 Å². The van der Waals surface area contributed by atoms with Gasteiger partial charge in [-0.25, -0.2) is 15.0 Å². The number of benzene rings is 1. The highest BCUT2D eigenvalue weighted by Gasteiger charge is 2.22. The van der Waals surface area contributed by atoms with E-state index in [1.807, 2.05) is 35.8 Å². The second-order valence-corrected chi connectivity index (χ2v) is 7.64. The summed E-state index contributed by atoms with van der Waals surface area (Å²) in [4.78, 5) is 28.4. The molecule has 0 radical (unpaired) electrons. The lowest BCUT2D eigenvalue weighted by atomic mass is 9.96. The average molecular weight is 414 g/mol. The predicted octanol–water partition coefficient (Wildman–Crippen LogP) is 3.17. The Kier molecular flexibility index (Phi) is 4.72. The minimum Gasteiger partial charge on any atom is -0.341 e. The van der Waals surface area contributed by atoms with Crippen molar-refractivity contribution in [2.24, 2.45) is 5.92 Å². The first-order valence-electron chi connectivity index (χ1n) is 8.80. The van der Waals surface area contributed by atoms with Crippen LogP contribution in [0, 0.1) is 12.8 Å². The van der Waals surface area contributed by atoms with Crippen LogP contribution in [0.25, 0.3) is 10.9 Å². The minimum atomic E-state index is 0.0618. The molecule has 6 nitrogen and oxygen atoms in total. The maximum atomic E-state index is 12.8. The summed E-state index contributed by atoms with van der Waals surface area (Å²) in [6, 6.07) is 7.55. The average Bonchev–Trinajstić information content (AvgIpc) is 2.66. The molecule has 2 aromatic heterocycles. The lowest BCUT2D eigenvalue weighted by Gasteiger charge is -2.32. The number of piperidine rings is 1. The molecule has 0 aliphatic carbocycles. The Morgan fingerprint density at radius 3 is 2.58 bits per heavy atom. The van der Waals surface area contributed by atoms with Gasteiger partial charge in [0.15, 0.2) is 0 Å². The highest BCUT2D eigenvalue weighted by atomic mass is 79.9. The molecule has 0 N–H and O–H groups in total. The number of rotatable bonds is 3. The normalized spacial score (nSPS) is 15.5. The molecule has 1 aliphatic heterocycles. The maximum absolute atomic E-state index is 12.8. The van der Waals surface area contributed by atoms with Crippen LogP contribution in [0.3, 0.4) is 0 Å². The van der Waals surface area contributed by atoms with Crippen LogP contribution in [0.5, 0.6) is 0 Å². The molecule has 3 aromatic rings. The SMILES string of the molecule is Cc1nc2ccccc2c(=O)n1CC1CCN(c2ncc(Br)cn2)CC1. The van der Waals surface area contributed by atoms with Crippen LogP contribution in [0.1, 0.15) is 18.7 Å². The second-order valence-electron chi connectivity index (χ2n) is 6.72. The number of aryl methyl sites for hydroxylation is 1. The predicted molar refractivity (Wildman–Crippen MR) is 105 cm³/mol. The third-order valence-electron chi connectivity index (χ3n) is 5.00. The van der Waals surface area contributed by atoms with E-state index in [9.17, 15) is 4.79 Å². The summed E-state index contributed by atoms with van der Waals surface area (Å²) < 4.78 is 2.72. The number of nitrogens with zero attached hydrogens (tertiary/aromatic N) is 5. The van der Waals surface area contributed by atoms with E-state index in [4.69, 9.17) is 0 Å². The Balaban J connectivity index is 1.49. The standard InChI is InChI=1S/C19H20BrN5O/c1-13-23-17-5-3-2-4-16(17)18(26)25(13)12-14-6-8-24(9-7-14)19-21-10-15(20)11-22-19/h2-5,10-11,14H,6-9,12H2,1H3. The fourth-order valence-corrected chi connectivity index (χ4v) is 3.74. The monoisotopic (exact) mass is 413 g/mol. The van der Waals surface area contributed by atoms with Gasteiger partial charge < -0.3 is 4.90 Å². The van der Waals surface area contributed by atoms with E-state index in [0.29, 0.717) is 11.3 Å². The molecule has 1 aliphatic rings. The maximum Gasteiger partial charge on any atom is 0.261 e. The Labute approximate surface area is 160 Å². The number of aromatic nitrogens is 4.